The molecular formula is C87H119N29O4. The van der Waals surface area contributed by atoms with Crippen molar-refractivity contribution in [1.82, 2.24) is 9.13 Å². The first-order valence-electron chi connectivity index (χ1n) is 40.2. The van der Waals surface area contributed by atoms with Crippen LogP contribution in [0.3, 0.4) is 0 Å². The standard InChI is InChI=1S/C47H65N13O4.C40H54N16/c1-31(48)57-16-7-21-63-38-25-34(23-36(29-38)61-19-4-2-9-44(49)50)32-11-13-42-40(27-32)41-28-33(12-14-43(41)60(42)18-6-15-58-46(53)54)35-24-37(62-20-5-3-10-45(51)52)30-39(26-35)64-22-8-17-59-47(55)56;41-36(42)51-10-1-15-56-34-22-28(30-18-24(6-11-52-37(43)44)16-25(19-30)7-12-53-38(45)46)2-4-32(34)33-5-3-29(23-35(33)56)31-20-26(8-13-54-39(47)48)17-27(21-31)9-14-55-40(49)50/h11-14,23-30H,2-10,15-22H2,1H3,(H2,48,57)(H3,49,50)(H3,51,52)(H4,53,54,58)(H4,55,56,59);2-5,16-23H,1,6-15H2,(H4,41,42,51)(H4,43,44,52)(H4,45,46,53)(H4,47,48,54)(H4,49,50,55). The Morgan fingerprint density at radius 3 is 0.875 bits per heavy atom. The van der Waals surface area contributed by atoms with E-state index in [1.54, 1.807) is 6.92 Å². The average molecular weight is 1640 g/mol. The van der Waals surface area contributed by atoms with Gasteiger partial charge in [0, 0.05) is 147 Å². The van der Waals surface area contributed by atoms with Crippen LogP contribution in [0.4, 0.5) is 0 Å². The SMILES string of the molecule is CC(N)=NCCCOc1cc(OCCCCC(=N)N)cc(-c2ccc3c(c2)c2cc(-c4cc(OCCCCC(=N)N)cc(OCCCN=C(N)N)c4)ccc2n3CCCN=C(N)N)c1.NC(N)=NCCCn1c2cc(-c3cc(CCN=C(N)N)cc(CCN=C(N)N)c3)ccc2c2ccc(-c3cc(CCN=C(N)N)cc(CCN=C(N)N)c3)cc21. The summed E-state index contributed by atoms with van der Waals surface area (Å²) < 4.78 is 29.6. The van der Waals surface area contributed by atoms with Crippen molar-refractivity contribution in [3.8, 4) is 67.5 Å². The highest BCUT2D eigenvalue weighted by atomic mass is 16.5. The van der Waals surface area contributed by atoms with Crippen LogP contribution in [0.1, 0.15) is 93.4 Å². The van der Waals surface area contributed by atoms with E-state index in [4.69, 9.17) is 127 Å². The van der Waals surface area contributed by atoms with E-state index < -0.39 is 0 Å². The molecule has 8 aromatic carbocycles. The first-order chi connectivity index (χ1) is 57.7. The minimum Gasteiger partial charge on any atom is -0.493 e. The number of nitrogens with zero attached hydrogens (tertiary/aromatic N) is 10. The maximum Gasteiger partial charge on any atom is 0.185 e. The second-order valence-corrected chi connectivity index (χ2v) is 29.1. The maximum absolute atomic E-state index is 7.55. The third kappa shape index (κ3) is 28.6. The fourth-order valence-electron chi connectivity index (χ4n) is 14.0. The van der Waals surface area contributed by atoms with E-state index in [9.17, 15) is 0 Å². The Bertz CT molecular complexity index is 5010. The summed E-state index contributed by atoms with van der Waals surface area (Å²) in [4.78, 5) is 33.6. The van der Waals surface area contributed by atoms with Gasteiger partial charge in [-0.15, -0.1) is 0 Å². The molecule has 36 N–H and O–H groups in total. The predicted octanol–water partition coefficient (Wildman–Crippen LogP) is 7.01. The molecule has 2 heterocycles. The minimum absolute atomic E-state index is 0.0470. The molecular weight excluding hydrogens is 1520 g/mol. The lowest BCUT2D eigenvalue weighted by atomic mass is 9.95. The number of hydrogen-bond donors (Lipinski definition) is 19. The van der Waals surface area contributed by atoms with Gasteiger partial charge in [0.1, 0.15) is 23.0 Å². The number of amidine groups is 3. The molecule has 0 fully saturated rings. The quantitative estimate of drug-likeness (QED) is 0.0104. The fraction of sp³-hybridized carbons (Fsp3) is 0.333. The first-order valence-corrected chi connectivity index (χ1v) is 40.2. The highest BCUT2D eigenvalue weighted by Gasteiger charge is 2.19. The molecule has 0 radical (unpaired) electrons. The molecule has 10 rings (SSSR count). The molecule has 0 aliphatic rings. The molecule has 0 bridgehead atoms. The number of hydrogen-bond acceptors (Lipinski definition) is 14. The number of nitrogens with one attached hydrogen (secondary N) is 2. The Morgan fingerprint density at radius 2 is 0.550 bits per heavy atom. The van der Waals surface area contributed by atoms with Crippen LogP contribution in [0.2, 0.25) is 0 Å². The predicted molar refractivity (Wildman–Crippen MR) is 494 cm³/mol. The first kappa shape index (κ1) is 89.8. The molecule has 120 heavy (non-hydrogen) atoms. The second kappa shape index (κ2) is 45.4. The van der Waals surface area contributed by atoms with E-state index in [-0.39, 0.29) is 53.4 Å². The summed E-state index contributed by atoms with van der Waals surface area (Å²) in [5, 5.41) is 19.5. The molecule has 0 unspecified atom stereocenters. The smallest absolute Gasteiger partial charge is 0.185 e. The van der Waals surface area contributed by atoms with Crippen molar-refractivity contribution in [3.63, 3.8) is 0 Å². The van der Waals surface area contributed by atoms with E-state index in [1.807, 2.05) is 36.4 Å². The summed E-state index contributed by atoms with van der Waals surface area (Å²) in [6.07, 6.45) is 9.59. The summed E-state index contributed by atoms with van der Waals surface area (Å²) in [5.74, 6) is 4.03. The molecule has 0 saturated heterocycles. The van der Waals surface area contributed by atoms with Gasteiger partial charge < -0.3 is 126 Å². The average Bonchev–Trinajstić information content (AvgIpc) is 1.60. The summed E-state index contributed by atoms with van der Waals surface area (Å²) in [5.41, 5.74) is 112. The van der Waals surface area contributed by atoms with Gasteiger partial charge in [0.25, 0.3) is 0 Å². The number of ether oxygens (including phenoxy) is 4. The molecule has 0 aliphatic heterocycles. The normalized spacial score (nSPS) is 11.2. The molecule has 636 valence electrons. The topological polar surface area (TPSA) is 636 Å². The number of unbranched alkanes of at least 4 members (excludes halogenated alkanes) is 2. The van der Waals surface area contributed by atoms with Gasteiger partial charge in [-0.2, -0.15) is 0 Å². The summed E-state index contributed by atoms with van der Waals surface area (Å²) in [7, 11) is 0. The Kier molecular flexibility index (Phi) is 34.0. The molecule has 33 heteroatoms. The lowest BCUT2D eigenvalue weighted by Gasteiger charge is -2.13. The van der Waals surface area contributed by atoms with Crippen LogP contribution >= 0.6 is 0 Å². The molecule has 10 aromatic rings. The third-order valence-electron chi connectivity index (χ3n) is 19.4. The minimum atomic E-state index is 0.0470. The van der Waals surface area contributed by atoms with E-state index in [1.165, 1.54) is 0 Å². The van der Waals surface area contributed by atoms with Gasteiger partial charge in [-0.3, -0.25) is 50.8 Å². The third-order valence-corrected chi connectivity index (χ3v) is 19.4. The Labute approximate surface area is 699 Å². The van der Waals surface area contributed by atoms with Gasteiger partial charge in [-0.05, 0) is 199 Å². The Morgan fingerprint density at radius 1 is 0.267 bits per heavy atom. The lowest BCUT2D eigenvalue weighted by Crippen LogP contribution is -2.23. The van der Waals surface area contributed by atoms with Gasteiger partial charge in [-0.1, -0.05) is 72.8 Å². The number of benzene rings is 8. The number of fused-ring (bicyclic) bond motifs is 6. The van der Waals surface area contributed by atoms with E-state index in [0.29, 0.717) is 172 Å². The molecule has 0 aliphatic carbocycles. The van der Waals surface area contributed by atoms with Gasteiger partial charge in [0.05, 0.1) is 43.9 Å². The zero-order valence-corrected chi connectivity index (χ0v) is 68.6. The summed E-state index contributed by atoms with van der Waals surface area (Å²) in [6.45, 7) is 8.89. The zero-order valence-electron chi connectivity index (χ0n) is 68.6. The Balaban J connectivity index is 0.000000275. The molecule has 2 aromatic heterocycles. The van der Waals surface area contributed by atoms with Crippen LogP contribution < -0.4 is 116 Å². The van der Waals surface area contributed by atoms with E-state index in [0.717, 1.165) is 149 Å². The van der Waals surface area contributed by atoms with Crippen LogP contribution in [0.25, 0.3) is 88.1 Å². The molecule has 0 atom stereocenters. The second-order valence-electron chi connectivity index (χ2n) is 29.1. The van der Waals surface area contributed by atoms with Crippen molar-refractivity contribution in [2.75, 3.05) is 78.8 Å². The summed E-state index contributed by atoms with van der Waals surface area (Å²) in [6, 6.07) is 51.1. The van der Waals surface area contributed by atoms with Crippen molar-refractivity contribution in [3.05, 3.63) is 168 Å². The number of aryl methyl sites for hydroxylation is 2. The highest BCUT2D eigenvalue weighted by molar-refractivity contribution is 6.12. The van der Waals surface area contributed by atoms with Crippen molar-refractivity contribution >= 4 is 103 Å². The van der Waals surface area contributed by atoms with Gasteiger partial charge in [-0.25, -0.2) is 0 Å². The lowest BCUT2D eigenvalue weighted by molar-refractivity contribution is 0.295. The monoisotopic (exact) mass is 1630 g/mol. The maximum atomic E-state index is 7.55. The molecule has 0 amide bonds. The molecule has 33 nitrogen and oxygen atoms in total. The highest BCUT2D eigenvalue weighted by Crippen LogP contribution is 2.41. The summed E-state index contributed by atoms with van der Waals surface area (Å²) >= 11 is 0. The van der Waals surface area contributed by atoms with Gasteiger partial charge in [0.15, 0.2) is 41.7 Å². The van der Waals surface area contributed by atoms with Crippen molar-refractivity contribution < 1.29 is 18.9 Å². The van der Waals surface area contributed by atoms with E-state index >= 15 is 0 Å². The van der Waals surface area contributed by atoms with Crippen LogP contribution in [0, 0.1) is 10.8 Å². The van der Waals surface area contributed by atoms with Crippen LogP contribution in [-0.4, -0.2) is 147 Å². The number of aromatic nitrogens is 2. The van der Waals surface area contributed by atoms with Crippen LogP contribution in [0.15, 0.2) is 186 Å². The number of nitrogens with two attached hydrogens (primary N) is 17. The van der Waals surface area contributed by atoms with Crippen molar-refractivity contribution in [1.29, 1.82) is 10.8 Å². The van der Waals surface area contributed by atoms with Crippen LogP contribution in [-0.2, 0) is 38.8 Å². The van der Waals surface area contributed by atoms with Gasteiger partial charge in [0.2, 0.25) is 0 Å². The van der Waals surface area contributed by atoms with Crippen molar-refractivity contribution in [2.45, 2.75) is 110 Å². The zero-order chi connectivity index (χ0) is 86.0. The van der Waals surface area contributed by atoms with Crippen LogP contribution in [0.5, 0.6) is 23.0 Å². The fourth-order valence-corrected chi connectivity index (χ4v) is 14.0. The van der Waals surface area contributed by atoms with Crippen molar-refractivity contribution in [2.24, 2.45) is 137 Å². The molecule has 0 saturated carbocycles. The van der Waals surface area contributed by atoms with Gasteiger partial charge >= 0.3 is 0 Å². The molecule has 0 spiro atoms. The number of guanidine groups is 7. The Hall–Kier alpha value is -14.1. The number of aliphatic imine (C=N–C) groups is 8. The number of rotatable bonds is 46. The largest absolute Gasteiger partial charge is 0.493 e. The van der Waals surface area contributed by atoms with E-state index in [2.05, 4.69) is 158 Å².